The van der Waals surface area contributed by atoms with Gasteiger partial charge in [0.25, 0.3) is 0 Å². The highest BCUT2D eigenvalue weighted by molar-refractivity contribution is 6.33. The van der Waals surface area contributed by atoms with Crippen LogP contribution in [0.1, 0.15) is 12.8 Å². The molecule has 100 valence electrons. The Morgan fingerprint density at radius 3 is 2.83 bits per heavy atom. The van der Waals surface area contributed by atoms with Crippen LogP contribution in [0.4, 0.5) is 10.1 Å². The molecule has 0 spiro atoms. The molecule has 0 radical (unpaired) electrons. The van der Waals surface area contributed by atoms with Crippen LogP contribution in [0.25, 0.3) is 0 Å². The van der Waals surface area contributed by atoms with Crippen LogP contribution in [0, 0.1) is 11.7 Å². The third-order valence-electron chi connectivity index (χ3n) is 3.44. The van der Waals surface area contributed by atoms with Gasteiger partial charge in [-0.1, -0.05) is 11.6 Å². The fraction of sp³-hybridized carbons (Fsp3) is 0.538. The lowest BCUT2D eigenvalue weighted by Gasteiger charge is -2.34. The second-order valence-electron chi connectivity index (χ2n) is 4.82. The Bertz CT molecular complexity index is 425. The van der Waals surface area contributed by atoms with E-state index in [2.05, 4.69) is 5.32 Å². The molecule has 0 aliphatic heterocycles. The Hall–Kier alpha value is -0.840. The molecule has 1 aliphatic carbocycles. The molecule has 0 heterocycles. The maximum Gasteiger partial charge on any atom is 0.125 e. The summed E-state index contributed by atoms with van der Waals surface area (Å²) in [6, 6.07) is 4.27. The normalized spacial score (nSPS) is 18.4. The molecule has 0 bridgehead atoms. The van der Waals surface area contributed by atoms with Crippen LogP contribution in [-0.2, 0) is 4.74 Å². The van der Waals surface area contributed by atoms with Crippen LogP contribution in [-0.4, -0.2) is 25.8 Å². The van der Waals surface area contributed by atoms with E-state index in [1.807, 2.05) is 0 Å². The standard InChI is InChI=1S/C13H18ClFN2O/c1-18-8-13(7-16,9-2-3-9)17-12-6-10(15)4-5-11(12)14/h4-6,9,17H,2-3,7-8,16H2,1H3. The van der Waals surface area contributed by atoms with Crippen molar-refractivity contribution in [3.63, 3.8) is 0 Å². The lowest BCUT2D eigenvalue weighted by Crippen LogP contribution is -2.51. The zero-order chi connectivity index (χ0) is 13.2. The fourth-order valence-electron chi connectivity index (χ4n) is 2.29. The van der Waals surface area contributed by atoms with Crippen molar-refractivity contribution in [2.45, 2.75) is 18.4 Å². The first-order valence-corrected chi connectivity index (χ1v) is 6.41. The predicted octanol–water partition coefficient (Wildman–Crippen LogP) is 2.64. The molecule has 1 saturated carbocycles. The van der Waals surface area contributed by atoms with E-state index < -0.39 is 0 Å². The number of anilines is 1. The third kappa shape index (κ3) is 2.76. The van der Waals surface area contributed by atoms with Gasteiger partial charge in [0, 0.05) is 13.7 Å². The predicted molar refractivity (Wildman–Crippen MR) is 71.4 cm³/mol. The van der Waals surface area contributed by atoms with E-state index in [0.717, 1.165) is 12.8 Å². The molecule has 1 aliphatic rings. The molecule has 2 rings (SSSR count). The number of nitrogens with two attached hydrogens (primary N) is 1. The number of nitrogens with one attached hydrogen (secondary N) is 1. The molecule has 5 heteroatoms. The first-order valence-electron chi connectivity index (χ1n) is 6.03. The Balaban J connectivity index is 2.24. The lowest BCUT2D eigenvalue weighted by atomic mass is 9.93. The molecule has 0 saturated heterocycles. The fourth-order valence-corrected chi connectivity index (χ4v) is 2.45. The van der Waals surface area contributed by atoms with Crippen LogP contribution in [0.5, 0.6) is 0 Å². The zero-order valence-electron chi connectivity index (χ0n) is 10.4. The number of benzene rings is 1. The number of ether oxygens (including phenoxy) is 1. The smallest absolute Gasteiger partial charge is 0.125 e. The molecule has 1 unspecified atom stereocenters. The van der Waals surface area contributed by atoms with E-state index >= 15 is 0 Å². The van der Waals surface area contributed by atoms with Crippen LogP contribution in [0.3, 0.4) is 0 Å². The van der Waals surface area contributed by atoms with Crippen molar-refractivity contribution in [1.82, 2.24) is 0 Å². The second-order valence-corrected chi connectivity index (χ2v) is 5.22. The highest BCUT2D eigenvalue weighted by Gasteiger charge is 2.44. The highest BCUT2D eigenvalue weighted by atomic mass is 35.5. The zero-order valence-corrected chi connectivity index (χ0v) is 11.1. The summed E-state index contributed by atoms with van der Waals surface area (Å²) in [4.78, 5) is 0. The van der Waals surface area contributed by atoms with Gasteiger partial charge in [-0.3, -0.25) is 0 Å². The summed E-state index contributed by atoms with van der Waals surface area (Å²) >= 11 is 6.07. The number of hydrogen-bond acceptors (Lipinski definition) is 3. The van der Waals surface area contributed by atoms with E-state index in [-0.39, 0.29) is 11.4 Å². The van der Waals surface area contributed by atoms with Gasteiger partial charge in [-0.15, -0.1) is 0 Å². The Labute approximate surface area is 111 Å². The van der Waals surface area contributed by atoms with Gasteiger partial charge in [0.1, 0.15) is 5.82 Å². The highest BCUT2D eigenvalue weighted by Crippen LogP contribution is 2.42. The summed E-state index contributed by atoms with van der Waals surface area (Å²) < 4.78 is 18.5. The average molecular weight is 273 g/mol. The number of rotatable bonds is 6. The molecule has 1 aromatic rings. The van der Waals surface area contributed by atoms with Crippen molar-refractivity contribution in [1.29, 1.82) is 0 Å². The Morgan fingerprint density at radius 2 is 2.28 bits per heavy atom. The second kappa shape index (κ2) is 5.43. The van der Waals surface area contributed by atoms with Crippen molar-refractivity contribution in [2.75, 3.05) is 25.6 Å². The summed E-state index contributed by atoms with van der Waals surface area (Å²) in [5.74, 6) is 0.141. The van der Waals surface area contributed by atoms with E-state index in [1.165, 1.54) is 12.1 Å². The number of hydrogen-bond donors (Lipinski definition) is 2. The first-order chi connectivity index (χ1) is 8.61. The van der Waals surface area contributed by atoms with Crippen LogP contribution < -0.4 is 11.1 Å². The third-order valence-corrected chi connectivity index (χ3v) is 3.77. The van der Waals surface area contributed by atoms with E-state index in [0.29, 0.717) is 29.8 Å². The number of methoxy groups -OCH3 is 1. The minimum absolute atomic E-state index is 0.318. The molecule has 0 amide bonds. The summed E-state index contributed by atoms with van der Waals surface area (Å²) in [5.41, 5.74) is 6.11. The largest absolute Gasteiger partial charge is 0.382 e. The SMILES string of the molecule is COCC(CN)(Nc1cc(F)ccc1Cl)C1CC1. The molecule has 1 fully saturated rings. The van der Waals surface area contributed by atoms with Gasteiger partial charge in [0.05, 0.1) is 22.9 Å². The van der Waals surface area contributed by atoms with Gasteiger partial charge in [0.2, 0.25) is 0 Å². The minimum Gasteiger partial charge on any atom is -0.382 e. The molecule has 3 N–H and O–H groups in total. The molecule has 3 nitrogen and oxygen atoms in total. The maximum atomic E-state index is 13.3. The van der Waals surface area contributed by atoms with Gasteiger partial charge < -0.3 is 15.8 Å². The minimum atomic E-state index is -0.355. The van der Waals surface area contributed by atoms with Crippen molar-refractivity contribution in [3.05, 3.63) is 29.0 Å². The van der Waals surface area contributed by atoms with E-state index in [4.69, 9.17) is 22.1 Å². The molecule has 1 atom stereocenters. The Morgan fingerprint density at radius 1 is 1.56 bits per heavy atom. The topological polar surface area (TPSA) is 47.3 Å². The molecular formula is C13H18ClFN2O. The van der Waals surface area contributed by atoms with Gasteiger partial charge in [-0.05, 0) is 37.0 Å². The quantitative estimate of drug-likeness (QED) is 0.837. The van der Waals surface area contributed by atoms with Gasteiger partial charge >= 0.3 is 0 Å². The molecule has 0 aromatic heterocycles. The first kappa shape index (κ1) is 13.6. The van der Waals surface area contributed by atoms with Crippen molar-refractivity contribution < 1.29 is 9.13 Å². The van der Waals surface area contributed by atoms with Crippen molar-refractivity contribution >= 4 is 17.3 Å². The van der Waals surface area contributed by atoms with Gasteiger partial charge in [0.15, 0.2) is 0 Å². The van der Waals surface area contributed by atoms with Gasteiger partial charge in [-0.25, -0.2) is 4.39 Å². The van der Waals surface area contributed by atoms with Crippen LogP contribution >= 0.6 is 11.6 Å². The Kier molecular flexibility index (Phi) is 4.10. The van der Waals surface area contributed by atoms with Crippen molar-refractivity contribution in [3.8, 4) is 0 Å². The van der Waals surface area contributed by atoms with Crippen LogP contribution in [0.2, 0.25) is 5.02 Å². The van der Waals surface area contributed by atoms with Gasteiger partial charge in [-0.2, -0.15) is 0 Å². The summed E-state index contributed by atoms with van der Waals surface area (Å²) in [7, 11) is 1.64. The molecule has 18 heavy (non-hydrogen) atoms. The van der Waals surface area contributed by atoms with Crippen molar-refractivity contribution in [2.24, 2.45) is 11.7 Å². The number of halogens is 2. The molecular weight excluding hydrogens is 255 g/mol. The molecule has 1 aromatic carbocycles. The van der Waals surface area contributed by atoms with E-state index in [9.17, 15) is 4.39 Å². The van der Waals surface area contributed by atoms with E-state index in [1.54, 1.807) is 13.2 Å². The lowest BCUT2D eigenvalue weighted by molar-refractivity contribution is 0.134. The average Bonchev–Trinajstić information content (AvgIpc) is 3.17. The summed E-state index contributed by atoms with van der Waals surface area (Å²) in [5, 5.41) is 3.78. The summed E-state index contributed by atoms with van der Waals surface area (Å²) in [6.07, 6.45) is 2.22. The summed E-state index contributed by atoms with van der Waals surface area (Å²) in [6.45, 7) is 0.916. The van der Waals surface area contributed by atoms with Crippen LogP contribution in [0.15, 0.2) is 18.2 Å². The maximum absolute atomic E-state index is 13.3. The monoisotopic (exact) mass is 272 g/mol.